The van der Waals surface area contributed by atoms with Crippen molar-refractivity contribution < 1.29 is 9.59 Å². The standard InChI is InChI=1S/C19H30BrN5O2/c1-6-21-17(27)19(2,3)13-24-18(23-12-16(26)25(4)5)22-11-14-7-9-15(20)10-8-14/h7-10H,6,11-13H2,1-5H3,(H,21,27)(H2,22,23,24). The second kappa shape index (κ2) is 10.9. The molecule has 0 atom stereocenters. The third-order valence-electron chi connectivity index (χ3n) is 3.89. The second-order valence-electron chi connectivity index (χ2n) is 7.03. The third-order valence-corrected chi connectivity index (χ3v) is 4.42. The van der Waals surface area contributed by atoms with E-state index in [1.807, 2.05) is 45.0 Å². The number of rotatable bonds is 8. The molecule has 0 spiro atoms. The molecule has 7 nitrogen and oxygen atoms in total. The predicted molar refractivity (Wildman–Crippen MR) is 112 cm³/mol. The Hall–Kier alpha value is -2.09. The number of nitrogens with zero attached hydrogens (tertiary/aromatic N) is 2. The minimum atomic E-state index is -0.609. The number of halogens is 1. The Kier molecular flexibility index (Phi) is 9.28. The van der Waals surface area contributed by atoms with Gasteiger partial charge in [-0.3, -0.25) is 9.59 Å². The molecule has 0 radical (unpaired) electrons. The number of amides is 2. The molecular formula is C19H30BrN5O2. The second-order valence-corrected chi connectivity index (χ2v) is 7.95. The van der Waals surface area contributed by atoms with Gasteiger partial charge < -0.3 is 20.9 Å². The van der Waals surface area contributed by atoms with Gasteiger partial charge in [0.05, 0.1) is 18.5 Å². The molecule has 1 aromatic rings. The van der Waals surface area contributed by atoms with E-state index in [4.69, 9.17) is 0 Å². The van der Waals surface area contributed by atoms with Crippen LogP contribution in [0.15, 0.2) is 33.7 Å². The van der Waals surface area contributed by atoms with Crippen LogP contribution in [0.1, 0.15) is 26.3 Å². The van der Waals surface area contributed by atoms with Crippen LogP contribution in [-0.2, 0) is 16.1 Å². The zero-order valence-corrected chi connectivity index (χ0v) is 18.3. The molecule has 0 bridgehead atoms. The van der Waals surface area contributed by atoms with Gasteiger partial charge in [0.15, 0.2) is 5.96 Å². The minimum Gasteiger partial charge on any atom is -0.356 e. The summed E-state index contributed by atoms with van der Waals surface area (Å²) in [6, 6.07) is 7.88. The molecule has 0 unspecified atom stereocenters. The van der Waals surface area contributed by atoms with Crippen LogP contribution in [0, 0.1) is 5.41 Å². The summed E-state index contributed by atoms with van der Waals surface area (Å²) in [6.07, 6.45) is 0. The van der Waals surface area contributed by atoms with Gasteiger partial charge in [-0.15, -0.1) is 0 Å². The SMILES string of the molecule is CCNC(=O)C(C)(C)CNC(=NCc1ccc(Br)cc1)NCC(=O)N(C)C. The molecule has 0 aromatic heterocycles. The van der Waals surface area contributed by atoms with Crippen molar-refractivity contribution in [3.63, 3.8) is 0 Å². The van der Waals surface area contributed by atoms with E-state index in [0.717, 1.165) is 10.0 Å². The number of aliphatic imine (C=N–C) groups is 1. The Morgan fingerprint density at radius 2 is 1.74 bits per heavy atom. The Morgan fingerprint density at radius 1 is 1.11 bits per heavy atom. The maximum atomic E-state index is 12.2. The number of guanidine groups is 1. The van der Waals surface area contributed by atoms with Crippen LogP contribution in [0.3, 0.4) is 0 Å². The molecule has 8 heteroatoms. The minimum absolute atomic E-state index is 0.0332. The smallest absolute Gasteiger partial charge is 0.241 e. The van der Waals surface area contributed by atoms with Crippen LogP contribution in [0.2, 0.25) is 0 Å². The maximum Gasteiger partial charge on any atom is 0.241 e. The molecule has 0 aliphatic heterocycles. The highest BCUT2D eigenvalue weighted by Gasteiger charge is 2.27. The average Bonchev–Trinajstić information content (AvgIpc) is 2.62. The third kappa shape index (κ3) is 8.43. The van der Waals surface area contributed by atoms with Gasteiger partial charge in [0.25, 0.3) is 0 Å². The predicted octanol–water partition coefficient (Wildman–Crippen LogP) is 1.73. The van der Waals surface area contributed by atoms with Crippen molar-refractivity contribution in [1.82, 2.24) is 20.9 Å². The molecule has 27 heavy (non-hydrogen) atoms. The van der Waals surface area contributed by atoms with Crippen molar-refractivity contribution in [2.24, 2.45) is 10.4 Å². The number of likely N-dealkylation sites (N-methyl/N-ethyl adjacent to an activating group) is 1. The van der Waals surface area contributed by atoms with Crippen LogP contribution in [0.25, 0.3) is 0 Å². The first kappa shape index (κ1) is 23.0. The van der Waals surface area contributed by atoms with Crippen LogP contribution in [-0.4, -0.2) is 56.4 Å². The Bertz CT molecular complexity index is 657. The van der Waals surface area contributed by atoms with Gasteiger partial charge >= 0.3 is 0 Å². The molecule has 0 fully saturated rings. The number of carbonyl (C=O) groups is 2. The molecule has 3 N–H and O–H groups in total. The topological polar surface area (TPSA) is 85.8 Å². The van der Waals surface area contributed by atoms with E-state index >= 15 is 0 Å². The van der Waals surface area contributed by atoms with E-state index in [1.54, 1.807) is 14.1 Å². The Morgan fingerprint density at radius 3 is 2.30 bits per heavy atom. The van der Waals surface area contributed by atoms with Crippen LogP contribution in [0.5, 0.6) is 0 Å². The van der Waals surface area contributed by atoms with Gasteiger partial charge in [0.1, 0.15) is 0 Å². The zero-order chi connectivity index (χ0) is 20.4. The van der Waals surface area contributed by atoms with E-state index in [2.05, 4.69) is 36.9 Å². The molecular weight excluding hydrogens is 410 g/mol. The summed E-state index contributed by atoms with van der Waals surface area (Å²) in [5, 5.41) is 9.04. The molecule has 0 saturated heterocycles. The molecule has 0 saturated carbocycles. The highest BCUT2D eigenvalue weighted by molar-refractivity contribution is 9.10. The molecule has 1 aromatic carbocycles. The lowest BCUT2D eigenvalue weighted by molar-refractivity contribution is -0.129. The van der Waals surface area contributed by atoms with E-state index in [9.17, 15) is 9.59 Å². The van der Waals surface area contributed by atoms with Gasteiger partial charge in [0, 0.05) is 31.7 Å². The van der Waals surface area contributed by atoms with E-state index in [1.165, 1.54) is 4.90 Å². The number of carbonyl (C=O) groups excluding carboxylic acids is 2. The number of hydrogen-bond acceptors (Lipinski definition) is 3. The molecule has 0 aliphatic carbocycles. The lowest BCUT2D eigenvalue weighted by Crippen LogP contribution is -2.49. The number of hydrogen-bond donors (Lipinski definition) is 3. The zero-order valence-electron chi connectivity index (χ0n) is 16.7. The maximum absolute atomic E-state index is 12.2. The first-order chi connectivity index (χ1) is 12.7. The summed E-state index contributed by atoms with van der Waals surface area (Å²) in [6.45, 7) is 7.18. The lowest BCUT2D eigenvalue weighted by atomic mass is 9.92. The summed E-state index contributed by atoms with van der Waals surface area (Å²) >= 11 is 3.41. The van der Waals surface area contributed by atoms with Crippen LogP contribution >= 0.6 is 15.9 Å². The summed E-state index contributed by atoms with van der Waals surface area (Å²) < 4.78 is 1.01. The van der Waals surface area contributed by atoms with Gasteiger partial charge in [-0.25, -0.2) is 4.99 Å². The molecule has 0 heterocycles. The molecule has 2 amide bonds. The monoisotopic (exact) mass is 439 g/mol. The van der Waals surface area contributed by atoms with E-state index in [0.29, 0.717) is 25.6 Å². The van der Waals surface area contributed by atoms with Crippen molar-refractivity contribution in [2.75, 3.05) is 33.7 Å². The van der Waals surface area contributed by atoms with Crippen molar-refractivity contribution in [1.29, 1.82) is 0 Å². The van der Waals surface area contributed by atoms with Gasteiger partial charge in [-0.1, -0.05) is 28.1 Å². The van der Waals surface area contributed by atoms with Crippen molar-refractivity contribution >= 4 is 33.7 Å². The Balaban J connectivity index is 2.80. The van der Waals surface area contributed by atoms with E-state index in [-0.39, 0.29) is 18.4 Å². The van der Waals surface area contributed by atoms with Gasteiger partial charge in [-0.2, -0.15) is 0 Å². The largest absolute Gasteiger partial charge is 0.356 e. The molecule has 0 aliphatic rings. The first-order valence-corrected chi connectivity index (χ1v) is 9.70. The first-order valence-electron chi connectivity index (χ1n) is 8.90. The highest BCUT2D eigenvalue weighted by atomic mass is 79.9. The summed E-state index contributed by atoms with van der Waals surface area (Å²) in [5.41, 5.74) is 0.433. The number of benzene rings is 1. The number of nitrogens with one attached hydrogen (secondary N) is 3. The Labute approximate surface area is 170 Å². The van der Waals surface area contributed by atoms with Gasteiger partial charge in [-0.05, 0) is 38.5 Å². The molecule has 150 valence electrons. The lowest BCUT2D eigenvalue weighted by Gasteiger charge is -2.25. The fraction of sp³-hybridized carbons (Fsp3) is 0.526. The van der Waals surface area contributed by atoms with Crippen molar-refractivity contribution in [2.45, 2.75) is 27.3 Å². The van der Waals surface area contributed by atoms with Crippen LogP contribution in [0.4, 0.5) is 0 Å². The van der Waals surface area contributed by atoms with E-state index < -0.39 is 5.41 Å². The average molecular weight is 440 g/mol. The molecule has 1 rings (SSSR count). The summed E-state index contributed by atoms with van der Waals surface area (Å²) in [7, 11) is 3.41. The normalized spacial score (nSPS) is 11.7. The fourth-order valence-corrected chi connectivity index (χ4v) is 2.30. The highest BCUT2D eigenvalue weighted by Crippen LogP contribution is 2.14. The van der Waals surface area contributed by atoms with Crippen molar-refractivity contribution in [3.8, 4) is 0 Å². The summed E-state index contributed by atoms with van der Waals surface area (Å²) in [4.78, 5) is 30.1. The van der Waals surface area contributed by atoms with Crippen molar-refractivity contribution in [3.05, 3.63) is 34.3 Å². The van der Waals surface area contributed by atoms with Gasteiger partial charge in [0.2, 0.25) is 11.8 Å². The fourth-order valence-electron chi connectivity index (χ4n) is 2.04. The summed E-state index contributed by atoms with van der Waals surface area (Å²) in [5.74, 6) is 0.399. The van der Waals surface area contributed by atoms with Crippen LogP contribution < -0.4 is 16.0 Å². The quantitative estimate of drug-likeness (QED) is 0.425.